The average Bonchev–Trinajstić information content (AvgIpc) is 3.21. The molecule has 4 atom stereocenters. The van der Waals surface area contributed by atoms with Crippen LogP contribution in [0.4, 0.5) is 13.2 Å². The van der Waals surface area contributed by atoms with Crippen molar-refractivity contribution < 1.29 is 32.5 Å². The standard InChI is InChI=1S/C25H19BrF3NO4S/c1-33-17-11-30-12-18-20(17)24(32)22(31)21(35-13-23(27,28)29)19(14-5-3-2-4-6-14)25(24,34-18)15-7-9-16(26)10-8-15/h2-12,19,21,32H,13H2,1H3. The Bertz CT molecular complexity index is 1270. The number of rotatable bonds is 5. The van der Waals surface area contributed by atoms with Gasteiger partial charge in [0, 0.05) is 4.47 Å². The van der Waals surface area contributed by atoms with E-state index in [-0.39, 0.29) is 17.1 Å². The van der Waals surface area contributed by atoms with Crippen LogP contribution >= 0.6 is 27.7 Å². The Morgan fingerprint density at radius 2 is 1.83 bits per heavy atom. The molecular weight excluding hydrogens is 547 g/mol. The van der Waals surface area contributed by atoms with Crippen LogP contribution in [0.1, 0.15) is 22.6 Å². The molecule has 0 amide bonds. The number of aliphatic hydroxyl groups is 1. The van der Waals surface area contributed by atoms with Gasteiger partial charge in [-0.2, -0.15) is 13.2 Å². The number of ketones is 1. The van der Waals surface area contributed by atoms with E-state index < -0.39 is 40.1 Å². The van der Waals surface area contributed by atoms with Gasteiger partial charge in [0.25, 0.3) is 0 Å². The van der Waals surface area contributed by atoms with Crippen molar-refractivity contribution in [2.24, 2.45) is 0 Å². The summed E-state index contributed by atoms with van der Waals surface area (Å²) in [6.45, 7) is 0. The highest BCUT2D eigenvalue weighted by molar-refractivity contribution is 9.10. The van der Waals surface area contributed by atoms with Gasteiger partial charge in [-0.05, 0) is 23.3 Å². The van der Waals surface area contributed by atoms with Gasteiger partial charge in [-0.3, -0.25) is 9.78 Å². The molecule has 0 spiro atoms. The minimum Gasteiger partial charge on any atom is -0.495 e. The fraction of sp³-hybridized carbons (Fsp3) is 0.280. The Balaban J connectivity index is 1.82. The number of carbonyl (C=O) groups excluding carboxylic acids is 1. The smallest absolute Gasteiger partial charge is 0.397 e. The lowest BCUT2D eigenvalue weighted by Gasteiger charge is -2.39. The average molecular weight is 566 g/mol. The predicted octanol–water partition coefficient (Wildman–Crippen LogP) is 5.36. The molecule has 0 saturated heterocycles. The summed E-state index contributed by atoms with van der Waals surface area (Å²) in [4.78, 5) is 18.2. The summed E-state index contributed by atoms with van der Waals surface area (Å²) in [6.07, 6.45) is -1.78. The van der Waals surface area contributed by atoms with Gasteiger partial charge in [0.15, 0.2) is 11.4 Å². The van der Waals surface area contributed by atoms with Crippen LogP contribution in [-0.4, -0.2) is 40.2 Å². The molecule has 0 bridgehead atoms. The molecule has 5 nitrogen and oxygen atoms in total. The summed E-state index contributed by atoms with van der Waals surface area (Å²) in [6, 6.07) is 15.6. The van der Waals surface area contributed by atoms with Gasteiger partial charge in [-0.25, -0.2) is 0 Å². The van der Waals surface area contributed by atoms with Crippen molar-refractivity contribution in [2.75, 3.05) is 12.9 Å². The Kier molecular flexibility index (Phi) is 5.89. The van der Waals surface area contributed by atoms with Crippen molar-refractivity contribution in [2.45, 2.75) is 28.5 Å². The van der Waals surface area contributed by atoms with Gasteiger partial charge < -0.3 is 14.6 Å². The fourth-order valence-electron chi connectivity index (χ4n) is 5.18. The maximum atomic E-state index is 14.1. The van der Waals surface area contributed by atoms with E-state index in [2.05, 4.69) is 20.9 Å². The second-order valence-electron chi connectivity index (χ2n) is 8.37. The van der Waals surface area contributed by atoms with Gasteiger partial charge >= 0.3 is 6.18 Å². The summed E-state index contributed by atoms with van der Waals surface area (Å²) in [5.74, 6) is -2.72. The molecule has 35 heavy (non-hydrogen) atoms. The highest BCUT2D eigenvalue weighted by Crippen LogP contribution is 2.68. The van der Waals surface area contributed by atoms with E-state index in [0.29, 0.717) is 22.9 Å². The lowest BCUT2D eigenvalue weighted by atomic mass is 9.71. The summed E-state index contributed by atoms with van der Waals surface area (Å²) in [5.41, 5.74) is -3.00. The quantitative estimate of drug-likeness (QED) is 0.449. The van der Waals surface area contributed by atoms with Gasteiger partial charge in [-0.15, -0.1) is 11.8 Å². The molecule has 1 aliphatic heterocycles. The minimum atomic E-state index is -4.50. The predicted molar refractivity (Wildman–Crippen MR) is 128 cm³/mol. The van der Waals surface area contributed by atoms with Crippen LogP contribution in [-0.2, 0) is 16.0 Å². The molecule has 10 heteroatoms. The summed E-state index contributed by atoms with van der Waals surface area (Å²) >= 11 is 3.85. The number of fused-ring (bicyclic) bond motifs is 3. The second-order valence-corrected chi connectivity index (χ2v) is 10.4. The number of halogens is 4. The highest BCUT2D eigenvalue weighted by Gasteiger charge is 2.77. The normalized spacial score (nSPS) is 27.3. The number of aromatic nitrogens is 1. The lowest BCUT2D eigenvalue weighted by molar-refractivity contribution is -0.151. The number of ether oxygens (including phenoxy) is 2. The van der Waals surface area contributed by atoms with Crippen LogP contribution in [0.2, 0.25) is 0 Å². The third-order valence-corrected chi connectivity index (χ3v) is 8.35. The van der Waals surface area contributed by atoms with E-state index in [1.807, 2.05) is 0 Å². The van der Waals surface area contributed by atoms with Crippen molar-refractivity contribution in [3.63, 3.8) is 0 Å². The third-order valence-electron chi connectivity index (χ3n) is 6.48. The van der Waals surface area contributed by atoms with Crippen LogP contribution in [0.3, 0.4) is 0 Å². The Morgan fingerprint density at radius 1 is 1.14 bits per heavy atom. The van der Waals surface area contributed by atoms with Crippen molar-refractivity contribution >= 4 is 33.5 Å². The summed E-state index contributed by atoms with van der Waals surface area (Å²) in [5, 5.41) is 11.1. The van der Waals surface area contributed by atoms with E-state index in [4.69, 9.17) is 9.47 Å². The van der Waals surface area contributed by atoms with E-state index in [1.165, 1.54) is 19.5 Å². The first kappa shape index (κ1) is 24.1. The molecule has 1 saturated carbocycles. The molecule has 182 valence electrons. The number of pyridine rings is 1. The largest absolute Gasteiger partial charge is 0.495 e. The highest BCUT2D eigenvalue weighted by atomic mass is 79.9. The molecule has 3 aromatic rings. The number of Topliss-reactive ketones (excluding diaryl/α,β-unsaturated/α-hetero) is 1. The molecule has 1 N–H and O–H groups in total. The van der Waals surface area contributed by atoms with Crippen LogP contribution < -0.4 is 9.47 Å². The molecule has 0 radical (unpaired) electrons. The molecule has 5 rings (SSSR count). The van der Waals surface area contributed by atoms with Crippen LogP contribution in [0.5, 0.6) is 11.5 Å². The number of benzene rings is 2. The van der Waals surface area contributed by atoms with Gasteiger partial charge in [-0.1, -0.05) is 58.4 Å². The molecule has 2 heterocycles. The lowest BCUT2D eigenvalue weighted by Crippen LogP contribution is -2.50. The monoisotopic (exact) mass is 565 g/mol. The maximum absolute atomic E-state index is 14.1. The maximum Gasteiger partial charge on any atom is 0.397 e. The number of nitrogens with zero attached hydrogens (tertiary/aromatic N) is 1. The zero-order valence-corrected chi connectivity index (χ0v) is 20.7. The number of alkyl halides is 3. The molecule has 4 unspecified atom stereocenters. The van der Waals surface area contributed by atoms with Crippen molar-refractivity contribution in [1.82, 2.24) is 4.98 Å². The first-order chi connectivity index (χ1) is 16.6. The Hall–Kier alpha value is -2.56. The van der Waals surface area contributed by atoms with Gasteiger partial charge in [0.1, 0.15) is 11.5 Å². The molecular formula is C25H19BrF3NO4S. The zero-order valence-electron chi connectivity index (χ0n) is 18.3. The number of thioether (sulfide) groups is 1. The van der Waals surface area contributed by atoms with Crippen molar-refractivity contribution in [3.8, 4) is 11.5 Å². The molecule has 1 fully saturated rings. The van der Waals surface area contributed by atoms with Crippen molar-refractivity contribution in [3.05, 3.63) is 88.2 Å². The third kappa shape index (κ3) is 3.56. The molecule has 1 aromatic heterocycles. The van der Waals surface area contributed by atoms with Gasteiger partial charge in [0.05, 0.1) is 42.0 Å². The van der Waals surface area contributed by atoms with Gasteiger partial charge in [0.2, 0.25) is 5.60 Å². The summed E-state index contributed by atoms with van der Waals surface area (Å²) in [7, 11) is 1.37. The second kappa shape index (κ2) is 8.53. The van der Waals surface area contributed by atoms with E-state index in [9.17, 15) is 23.1 Å². The first-order valence-corrected chi connectivity index (χ1v) is 12.4. The molecule has 1 aliphatic carbocycles. The van der Waals surface area contributed by atoms with E-state index in [0.717, 1.165) is 4.47 Å². The van der Waals surface area contributed by atoms with E-state index in [1.54, 1.807) is 54.6 Å². The van der Waals surface area contributed by atoms with Crippen LogP contribution in [0.15, 0.2) is 71.5 Å². The summed E-state index contributed by atoms with van der Waals surface area (Å²) < 4.78 is 52.6. The number of methoxy groups -OCH3 is 1. The van der Waals surface area contributed by atoms with Crippen LogP contribution in [0.25, 0.3) is 0 Å². The molecule has 2 aliphatic rings. The number of carbonyl (C=O) groups is 1. The SMILES string of the molecule is COc1cncc2c1C1(O)C(=O)C(SCC(F)(F)F)C(c3ccccc3)C1(c1ccc(Br)cc1)O2. The first-order valence-electron chi connectivity index (χ1n) is 10.6. The topological polar surface area (TPSA) is 68.7 Å². The fourth-order valence-corrected chi connectivity index (χ4v) is 6.68. The Morgan fingerprint density at radius 3 is 2.46 bits per heavy atom. The molecule has 2 aromatic carbocycles. The van der Waals surface area contributed by atoms with Crippen LogP contribution in [0, 0.1) is 0 Å². The van der Waals surface area contributed by atoms with E-state index >= 15 is 0 Å². The number of hydrogen-bond donors (Lipinski definition) is 1. The Labute approximate surface area is 211 Å². The van der Waals surface area contributed by atoms with Crippen molar-refractivity contribution in [1.29, 1.82) is 0 Å². The number of hydrogen-bond acceptors (Lipinski definition) is 6. The minimum absolute atomic E-state index is 0.0685. The zero-order chi connectivity index (χ0) is 25.0.